The highest BCUT2D eigenvalue weighted by atomic mass is 19.4. The highest BCUT2D eigenvalue weighted by Crippen LogP contribution is 2.43. The van der Waals surface area contributed by atoms with Crippen molar-refractivity contribution in [2.45, 2.75) is 38.0 Å². The molecule has 210 valence electrons. The van der Waals surface area contributed by atoms with Crippen LogP contribution >= 0.6 is 0 Å². The molecule has 1 unspecified atom stereocenters. The minimum Gasteiger partial charge on any atom is -0.406 e. The molecule has 0 radical (unpaired) electrons. The molecule has 1 aliphatic carbocycles. The van der Waals surface area contributed by atoms with Gasteiger partial charge in [0.25, 0.3) is 6.20 Å². The number of fused-ring (bicyclic) bond motifs is 2. The second-order valence-electron chi connectivity index (χ2n) is 10.0. The van der Waals surface area contributed by atoms with Gasteiger partial charge in [0, 0.05) is 24.7 Å². The van der Waals surface area contributed by atoms with Crippen molar-refractivity contribution in [1.82, 2.24) is 4.90 Å². The Morgan fingerprint density at radius 3 is 2.12 bits per heavy atom. The molecule has 0 bridgehead atoms. The molecular formula is C29H26F5N3O3. The summed E-state index contributed by atoms with van der Waals surface area (Å²) in [5.74, 6) is -1.10. The molecule has 6 nitrogen and oxygen atoms in total. The first-order valence-corrected chi connectivity index (χ1v) is 12.9. The van der Waals surface area contributed by atoms with Crippen molar-refractivity contribution in [1.29, 1.82) is 0 Å². The monoisotopic (exact) mass is 559 g/mol. The van der Waals surface area contributed by atoms with Crippen molar-refractivity contribution < 1.29 is 31.6 Å². The van der Waals surface area contributed by atoms with E-state index in [1.807, 2.05) is 4.90 Å². The molecule has 0 amide bonds. The van der Waals surface area contributed by atoms with Crippen LogP contribution in [0.15, 0.2) is 72.7 Å². The molecule has 1 atom stereocenters. The fourth-order valence-electron chi connectivity index (χ4n) is 5.81. The van der Waals surface area contributed by atoms with E-state index in [0.29, 0.717) is 38.0 Å². The number of anilines is 1. The molecule has 1 fully saturated rings. The lowest BCUT2D eigenvalue weighted by Crippen LogP contribution is -2.40. The van der Waals surface area contributed by atoms with Crippen molar-refractivity contribution in [3.05, 3.63) is 117 Å². The predicted octanol–water partition coefficient (Wildman–Crippen LogP) is 6.99. The summed E-state index contributed by atoms with van der Waals surface area (Å²) in [6, 6.07) is 14.4. The van der Waals surface area contributed by atoms with E-state index in [2.05, 4.69) is 10.1 Å². The van der Waals surface area contributed by atoms with Crippen LogP contribution in [0.1, 0.15) is 41.0 Å². The molecule has 40 heavy (non-hydrogen) atoms. The SMILES string of the molecule is O=[N+]([O-])/C=C(/Nc1ccc(OC(F)(F)F)cc1)N1CCCC(C2c3ccc(F)cc3CCc3cc(F)ccc32)C1. The van der Waals surface area contributed by atoms with E-state index in [9.17, 15) is 32.1 Å². The number of ether oxygens (including phenoxy) is 1. The van der Waals surface area contributed by atoms with Crippen LogP contribution in [0.25, 0.3) is 0 Å². The van der Waals surface area contributed by atoms with Gasteiger partial charge in [-0.1, -0.05) is 12.1 Å². The largest absolute Gasteiger partial charge is 0.573 e. The van der Waals surface area contributed by atoms with Gasteiger partial charge in [-0.15, -0.1) is 13.2 Å². The first-order chi connectivity index (χ1) is 19.1. The highest BCUT2D eigenvalue weighted by molar-refractivity contribution is 5.50. The Morgan fingerprint density at radius 1 is 0.975 bits per heavy atom. The summed E-state index contributed by atoms with van der Waals surface area (Å²) in [6.07, 6.45) is -1.35. The zero-order valence-corrected chi connectivity index (χ0v) is 21.3. The fraction of sp³-hybridized carbons (Fsp3) is 0.310. The molecule has 1 saturated heterocycles. The van der Waals surface area contributed by atoms with E-state index in [1.54, 1.807) is 12.1 Å². The second kappa shape index (κ2) is 11.1. The van der Waals surface area contributed by atoms with Crippen molar-refractivity contribution in [3.63, 3.8) is 0 Å². The molecule has 2 aliphatic rings. The topological polar surface area (TPSA) is 67.6 Å². The van der Waals surface area contributed by atoms with Gasteiger partial charge >= 0.3 is 6.36 Å². The Hall–Kier alpha value is -4.15. The molecule has 3 aromatic rings. The summed E-state index contributed by atoms with van der Waals surface area (Å²) in [4.78, 5) is 12.8. The Labute approximate surface area is 227 Å². The molecule has 0 saturated carbocycles. The van der Waals surface area contributed by atoms with Gasteiger partial charge in [0.05, 0.1) is 4.92 Å². The molecule has 0 spiro atoms. The number of likely N-dealkylation sites (tertiary alicyclic amines) is 1. The van der Waals surface area contributed by atoms with Gasteiger partial charge in [-0.2, -0.15) is 0 Å². The van der Waals surface area contributed by atoms with E-state index in [4.69, 9.17) is 0 Å². The zero-order chi connectivity index (χ0) is 28.4. The Bertz CT molecular complexity index is 1370. The molecule has 1 heterocycles. The number of nitrogens with one attached hydrogen (secondary N) is 1. The van der Waals surface area contributed by atoms with Gasteiger partial charge in [0.15, 0.2) is 5.82 Å². The number of hydrogen-bond donors (Lipinski definition) is 1. The molecule has 3 aromatic carbocycles. The van der Waals surface area contributed by atoms with E-state index in [1.165, 1.54) is 36.4 Å². The fourth-order valence-corrected chi connectivity index (χ4v) is 5.81. The summed E-state index contributed by atoms with van der Waals surface area (Å²) < 4.78 is 69.8. The number of nitrogens with zero attached hydrogens (tertiary/aromatic N) is 2. The summed E-state index contributed by atoms with van der Waals surface area (Å²) in [6.45, 7) is 0.929. The number of rotatable bonds is 6. The normalized spacial score (nSPS) is 18.0. The average Bonchev–Trinajstić information content (AvgIpc) is 3.04. The molecule has 11 heteroatoms. The lowest BCUT2D eigenvalue weighted by molar-refractivity contribution is -0.404. The van der Waals surface area contributed by atoms with Crippen molar-refractivity contribution in [2.75, 3.05) is 18.4 Å². The predicted molar refractivity (Wildman–Crippen MR) is 138 cm³/mol. The van der Waals surface area contributed by atoms with Crippen LogP contribution in [0.4, 0.5) is 27.6 Å². The summed E-state index contributed by atoms with van der Waals surface area (Å²) in [5.41, 5.74) is 4.00. The summed E-state index contributed by atoms with van der Waals surface area (Å²) >= 11 is 0. The first kappa shape index (κ1) is 27.4. The van der Waals surface area contributed by atoms with Crippen LogP contribution < -0.4 is 10.1 Å². The lowest BCUT2D eigenvalue weighted by Gasteiger charge is -2.39. The maximum Gasteiger partial charge on any atom is 0.573 e. The van der Waals surface area contributed by atoms with Gasteiger partial charge in [0.1, 0.15) is 17.4 Å². The summed E-state index contributed by atoms with van der Waals surface area (Å²) in [5, 5.41) is 14.5. The minimum absolute atomic E-state index is 0.0280. The molecule has 5 rings (SSSR count). The smallest absolute Gasteiger partial charge is 0.406 e. The number of alkyl halides is 3. The molecule has 0 aromatic heterocycles. The number of nitro groups is 1. The lowest BCUT2D eigenvalue weighted by atomic mass is 9.75. The number of benzene rings is 3. The van der Waals surface area contributed by atoms with E-state index in [0.717, 1.165) is 47.0 Å². The van der Waals surface area contributed by atoms with Crippen LogP contribution in [0.2, 0.25) is 0 Å². The van der Waals surface area contributed by atoms with Gasteiger partial charge in [0.2, 0.25) is 0 Å². The Balaban J connectivity index is 1.44. The van der Waals surface area contributed by atoms with E-state index < -0.39 is 17.0 Å². The third-order valence-electron chi connectivity index (χ3n) is 7.40. The zero-order valence-electron chi connectivity index (χ0n) is 21.3. The number of aryl methyl sites for hydroxylation is 2. The van der Waals surface area contributed by atoms with E-state index >= 15 is 0 Å². The Morgan fingerprint density at radius 2 is 1.57 bits per heavy atom. The van der Waals surface area contributed by atoms with Crippen LogP contribution in [-0.4, -0.2) is 29.3 Å². The average molecular weight is 560 g/mol. The first-order valence-electron chi connectivity index (χ1n) is 12.9. The van der Waals surface area contributed by atoms with E-state index in [-0.39, 0.29) is 29.3 Å². The molecule has 1 aliphatic heterocycles. The third kappa shape index (κ3) is 6.35. The van der Waals surface area contributed by atoms with Crippen LogP contribution in [0.3, 0.4) is 0 Å². The Kier molecular flexibility index (Phi) is 7.64. The minimum atomic E-state index is -4.83. The van der Waals surface area contributed by atoms with Crippen molar-refractivity contribution >= 4 is 5.69 Å². The van der Waals surface area contributed by atoms with Crippen molar-refractivity contribution in [3.8, 4) is 5.75 Å². The quantitative estimate of drug-likeness (QED) is 0.200. The van der Waals surface area contributed by atoms with Crippen LogP contribution in [0.5, 0.6) is 5.75 Å². The second-order valence-corrected chi connectivity index (χ2v) is 10.0. The highest BCUT2D eigenvalue weighted by Gasteiger charge is 2.35. The molecular weight excluding hydrogens is 533 g/mol. The van der Waals surface area contributed by atoms with Crippen molar-refractivity contribution in [2.24, 2.45) is 5.92 Å². The van der Waals surface area contributed by atoms with Gasteiger partial charge in [-0.25, -0.2) is 8.78 Å². The number of hydrogen-bond acceptors (Lipinski definition) is 5. The van der Waals surface area contributed by atoms with Gasteiger partial charge in [-0.3, -0.25) is 10.1 Å². The molecule has 1 N–H and O–H groups in total. The van der Waals surface area contributed by atoms with Crippen LogP contribution in [0, 0.1) is 27.7 Å². The maximum atomic E-state index is 14.2. The standard InChI is InChI=1S/C29H26F5N3O3/c30-21-5-11-25-18(14-21)3-4-19-15-22(31)6-12-26(19)28(25)20-2-1-13-36(16-20)27(17-37(38)39)35-23-7-9-24(10-8-23)40-29(32,33)34/h5-12,14-15,17,20,28,35H,1-4,13,16H2/b27-17-. The number of piperidine rings is 1. The maximum absolute atomic E-state index is 14.2. The van der Waals surface area contributed by atoms with Crippen LogP contribution in [-0.2, 0) is 12.8 Å². The van der Waals surface area contributed by atoms with Gasteiger partial charge in [-0.05, 0) is 102 Å². The van der Waals surface area contributed by atoms with Gasteiger partial charge < -0.3 is 15.0 Å². The summed E-state index contributed by atoms with van der Waals surface area (Å²) in [7, 11) is 0. The third-order valence-corrected chi connectivity index (χ3v) is 7.40. The number of halogens is 5.